The number of hydrogen-bond donors (Lipinski definition) is 1. The van der Waals surface area contributed by atoms with Crippen LogP contribution in [-0.2, 0) is 11.2 Å². The van der Waals surface area contributed by atoms with Crippen LogP contribution in [0.15, 0.2) is 24.3 Å². The molecule has 2 bridgehead atoms. The minimum Gasteiger partial charge on any atom is -0.472 e. The number of benzene rings is 2. The van der Waals surface area contributed by atoms with Gasteiger partial charge in [-0.3, -0.25) is 9.69 Å². The highest BCUT2D eigenvalue weighted by Gasteiger charge is 2.51. The van der Waals surface area contributed by atoms with Gasteiger partial charge in [0.1, 0.15) is 11.6 Å². The van der Waals surface area contributed by atoms with Crippen LogP contribution in [0.1, 0.15) is 75.7 Å². The number of fused-ring (bicyclic) bond motifs is 4. The third-order valence-electron chi connectivity index (χ3n) is 11.7. The number of likely N-dealkylation sites (N-methyl/N-ethyl adjacent to an activating group) is 1. The van der Waals surface area contributed by atoms with E-state index in [1.165, 1.54) is 0 Å². The quantitative estimate of drug-likeness (QED) is 0.195. The summed E-state index contributed by atoms with van der Waals surface area (Å²) in [5, 5.41) is 15.6. The Labute approximate surface area is 306 Å². The van der Waals surface area contributed by atoms with Gasteiger partial charge in [-0.15, -0.1) is 0 Å². The number of carbonyl (C=O) groups is 1. The van der Waals surface area contributed by atoms with E-state index in [4.69, 9.17) is 44.5 Å². The van der Waals surface area contributed by atoms with Crippen molar-refractivity contribution in [1.29, 1.82) is 5.26 Å². The van der Waals surface area contributed by atoms with Gasteiger partial charge in [0.25, 0.3) is 0 Å². The van der Waals surface area contributed by atoms with E-state index in [0.717, 1.165) is 56.4 Å². The standard InChI is InChI=1S/C38H40Cl3FN6O2/c1-19(27-11-6-14-46(27)3)50-38-30-32(41)37(28-12-7-15-47(28)20(2)49)48(35-22-17-26(35)44-18-22)36(30)24-16-21(8-5-13-43)29(33(42)34(24)45-38)23-9-4-10-25(39)31(23)40/h4,9-10,16,19,22,26-28,35,44H,5-8,11-12,14-15,17-18H2,1-3H3/t19?,22-,26-,27?,28?,35+/m1/s1. The zero-order valence-corrected chi connectivity index (χ0v) is 30.7. The zero-order valence-electron chi connectivity index (χ0n) is 28.4. The molecule has 2 aromatic heterocycles. The molecule has 6 atom stereocenters. The van der Waals surface area contributed by atoms with Crippen molar-refractivity contribution >= 4 is 62.5 Å². The molecule has 4 aromatic rings. The van der Waals surface area contributed by atoms with Crippen LogP contribution in [0.2, 0.25) is 15.1 Å². The Bertz CT molecular complexity index is 2070. The average molecular weight is 738 g/mol. The maximum atomic E-state index is 17.5. The highest BCUT2D eigenvalue weighted by Crippen LogP contribution is 2.54. The van der Waals surface area contributed by atoms with Crippen LogP contribution >= 0.6 is 34.8 Å². The molecule has 5 aliphatic rings. The molecular weight excluding hydrogens is 698 g/mol. The minimum atomic E-state index is -0.552. The second-order valence-corrected chi connectivity index (χ2v) is 15.6. The third kappa shape index (κ3) is 5.28. The number of nitrogens with one attached hydrogen (secondary N) is 1. The fraction of sp³-hybridized carbons (Fsp3) is 0.500. The van der Waals surface area contributed by atoms with E-state index < -0.39 is 5.82 Å². The lowest BCUT2D eigenvalue weighted by Crippen LogP contribution is -2.40. The maximum absolute atomic E-state index is 17.5. The fourth-order valence-corrected chi connectivity index (χ4v) is 10.1. The first-order valence-electron chi connectivity index (χ1n) is 17.7. The molecule has 4 saturated heterocycles. The number of carbonyl (C=O) groups excluding carboxylic acids is 1. The summed E-state index contributed by atoms with van der Waals surface area (Å²) in [5.41, 5.74) is 3.11. The van der Waals surface area contributed by atoms with Crippen molar-refractivity contribution in [2.24, 2.45) is 5.92 Å². The predicted octanol–water partition coefficient (Wildman–Crippen LogP) is 8.49. The molecular formula is C38H40Cl3FN6O2. The Kier molecular flexibility index (Phi) is 8.92. The summed E-state index contributed by atoms with van der Waals surface area (Å²) in [5.74, 6) is 0.0939. The lowest BCUT2D eigenvalue weighted by Gasteiger charge is -2.39. The number of pyridine rings is 1. The lowest BCUT2D eigenvalue weighted by molar-refractivity contribution is -0.129. The van der Waals surface area contributed by atoms with E-state index in [9.17, 15) is 10.1 Å². The first kappa shape index (κ1) is 34.0. The van der Waals surface area contributed by atoms with Gasteiger partial charge in [0, 0.05) is 55.0 Å². The van der Waals surface area contributed by atoms with Crippen LogP contribution < -0.4 is 10.1 Å². The first-order valence-corrected chi connectivity index (χ1v) is 18.8. The van der Waals surface area contributed by atoms with Crippen molar-refractivity contribution in [3.05, 3.63) is 56.4 Å². The molecule has 2 aromatic carbocycles. The number of aromatic nitrogens is 2. The van der Waals surface area contributed by atoms with E-state index in [2.05, 4.69) is 27.9 Å². The van der Waals surface area contributed by atoms with Gasteiger partial charge in [-0.1, -0.05) is 46.9 Å². The summed E-state index contributed by atoms with van der Waals surface area (Å²) in [4.78, 5) is 22.2. The molecule has 1 N–H and O–H groups in total. The number of halogens is 4. The van der Waals surface area contributed by atoms with Crippen LogP contribution in [0.5, 0.6) is 5.88 Å². The molecule has 9 rings (SSSR count). The van der Waals surface area contributed by atoms with Gasteiger partial charge in [-0.2, -0.15) is 5.26 Å². The molecule has 50 heavy (non-hydrogen) atoms. The van der Waals surface area contributed by atoms with Crippen LogP contribution in [0.4, 0.5) is 4.39 Å². The second kappa shape index (κ2) is 13.1. The number of aryl methyl sites for hydroxylation is 1. The monoisotopic (exact) mass is 736 g/mol. The van der Waals surface area contributed by atoms with Gasteiger partial charge < -0.3 is 19.5 Å². The number of hydrogen-bond acceptors (Lipinski definition) is 6. The Morgan fingerprint density at radius 1 is 1.20 bits per heavy atom. The van der Waals surface area contributed by atoms with Crippen molar-refractivity contribution in [2.75, 3.05) is 26.7 Å². The van der Waals surface area contributed by atoms with Crippen molar-refractivity contribution in [3.8, 4) is 23.1 Å². The van der Waals surface area contributed by atoms with Gasteiger partial charge in [0.2, 0.25) is 11.8 Å². The van der Waals surface area contributed by atoms with Crippen molar-refractivity contribution in [1.82, 2.24) is 24.7 Å². The molecule has 3 unspecified atom stereocenters. The predicted molar refractivity (Wildman–Crippen MR) is 196 cm³/mol. The SMILES string of the molecule is CC(=O)N1CCCC1c1c(Cl)c2c(OC(C)C3CCCN3C)nc3c(F)c(-c4cccc(Cl)c4Cl)c(CCC#N)cc3c2n1[C@H]1[C@H]2CN[C@@H]1C2. The lowest BCUT2D eigenvalue weighted by atomic mass is 9.79. The van der Waals surface area contributed by atoms with Gasteiger partial charge in [0.05, 0.1) is 49.8 Å². The molecule has 6 heterocycles. The summed E-state index contributed by atoms with van der Waals surface area (Å²) in [6, 6.07) is 9.56. The van der Waals surface area contributed by atoms with Crippen molar-refractivity contribution in [2.45, 2.75) is 89.1 Å². The third-order valence-corrected chi connectivity index (χ3v) is 12.9. The van der Waals surface area contributed by atoms with Crippen LogP contribution in [-0.4, -0.2) is 70.1 Å². The van der Waals surface area contributed by atoms with Gasteiger partial charge in [-0.05, 0) is 82.7 Å². The molecule has 0 radical (unpaired) electrons. The van der Waals surface area contributed by atoms with Gasteiger partial charge >= 0.3 is 0 Å². The van der Waals surface area contributed by atoms with E-state index in [-0.39, 0.29) is 64.6 Å². The Balaban J connectivity index is 1.47. The van der Waals surface area contributed by atoms with Gasteiger partial charge in [0.15, 0.2) is 5.82 Å². The molecule has 262 valence electrons. The summed E-state index contributed by atoms with van der Waals surface area (Å²) in [7, 11) is 2.10. The second-order valence-electron chi connectivity index (χ2n) is 14.5. The molecule has 4 aliphatic heterocycles. The smallest absolute Gasteiger partial charge is 0.225 e. The highest BCUT2D eigenvalue weighted by atomic mass is 35.5. The minimum absolute atomic E-state index is 0.000282. The number of ether oxygens (including phenoxy) is 1. The Morgan fingerprint density at radius 3 is 2.68 bits per heavy atom. The summed E-state index contributed by atoms with van der Waals surface area (Å²) >= 11 is 20.8. The van der Waals surface area contributed by atoms with Gasteiger partial charge in [-0.25, -0.2) is 9.37 Å². The van der Waals surface area contributed by atoms with Crippen LogP contribution in [0.3, 0.4) is 0 Å². The Morgan fingerprint density at radius 2 is 2.00 bits per heavy atom. The van der Waals surface area contributed by atoms with Crippen LogP contribution in [0.25, 0.3) is 32.9 Å². The number of amides is 1. The molecule has 8 nitrogen and oxygen atoms in total. The topological polar surface area (TPSA) is 86.4 Å². The molecule has 1 saturated carbocycles. The number of nitriles is 1. The Hall–Kier alpha value is -3.13. The normalized spacial score (nSPS) is 25.4. The number of nitrogens with zero attached hydrogens (tertiary/aromatic N) is 5. The summed E-state index contributed by atoms with van der Waals surface area (Å²) < 4.78 is 26.6. The molecule has 12 heteroatoms. The largest absolute Gasteiger partial charge is 0.472 e. The first-order chi connectivity index (χ1) is 24.1. The molecule has 5 fully saturated rings. The molecule has 1 amide bonds. The van der Waals surface area contributed by atoms with Crippen molar-refractivity contribution < 1.29 is 13.9 Å². The van der Waals surface area contributed by atoms with Crippen LogP contribution in [0, 0.1) is 23.1 Å². The number of rotatable bonds is 8. The average Bonchev–Trinajstić information content (AvgIpc) is 3.92. The van der Waals surface area contributed by atoms with E-state index in [0.29, 0.717) is 50.8 Å². The fourth-order valence-electron chi connectivity index (χ4n) is 9.31. The van der Waals surface area contributed by atoms with E-state index in [1.54, 1.807) is 25.1 Å². The van der Waals surface area contributed by atoms with E-state index in [1.807, 2.05) is 17.9 Å². The maximum Gasteiger partial charge on any atom is 0.225 e. The van der Waals surface area contributed by atoms with Crippen molar-refractivity contribution in [3.63, 3.8) is 0 Å². The summed E-state index contributed by atoms with van der Waals surface area (Å²) in [6.07, 6.45) is 4.95. The van der Waals surface area contributed by atoms with E-state index >= 15 is 4.39 Å². The highest BCUT2D eigenvalue weighted by molar-refractivity contribution is 6.43. The zero-order chi connectivity index (χ0) is 35.0. The molecule has 0 spiro atoms. The number of likely N-dealkylation sites (tertiary alicyclic amines) is 2. The molecule has 1 aliphatic carbocycles. The summed E-state index contributed by atoms with van der Waals surface area (Å²) in [6.45, 7) is 6.16.